The van der Waals surface area contributed by atoms with Gasteiger partial charge in [-0.1, -0.05) is 6.58 Å². The minimum absolute atomic E-state index is 1.09. The van der Waals surface area contributed by atoms with E-state index in [2.05, 4.69) is 11.0 Å². The molecule has 0 aliphatic carbocycles. The van der Waals surface area contributed by atoms with Crippen LogP contribution in [-0.4, -0.2) is 4.37 Å². The Morgan fingerprint density at radius 2 is 2.62 bits per heavy atom. The Bertz CT molecular complexity index is 176. The first-order chi connectivity index (χ1) is 3.80. The summed E-state index contributed by atoms with van der Waals surface area (Å²) in [7, 11) is 0. The molecular formula is C6H7NS. The quantitative estimate of drug-likeness (QED) is 0.560. The third kappa shape index (κ3) is 0.954. The molecular weight excluding hydrogens is 118 g/mol. The van der Waals surface area contributed by atoms with Crippen LogP contribution in [0.2, 0.25) is 0 Å². The highest BCUT2D eigenvalue weighted by molar-refractivity contribution is 7.06. The van der Waals surface area contributed by atoms with Gasteiger partial charge in [-0.25, -0.2) is 4.37 Å². The molecule has 0 aliphatic heterocycles. The minimum atomic E-state index is 1.09. The molecule has 1 aromatic heterocycles. The number of rotatable bonds is 1. The van der Waals surface area contributed by atoms with E-state index in [1.54, 1.807) is 6.20 Å². The lowest BCUT2D eigenvalue weighted by Gasteiger charge is -1.84. The van der Waals surface area contributed by atoms with Crippen LogP contribution >= 0.6 is 11.5 Å². The fourth-order valence-electron chi connectivity index (χ4n) is 0.436. The standard InChI is InChI=1S/C6H7NS/c1-5(2)6-3-4-7-8-6/h3-4H,1H2,2H3. The van der Waals surface area contributed by atoms with Gasteiger partial charge in [0, 0.05) is 6.20 Å². The summed E-state index contributed by atoms with van der Waals surface area (Å²) in [5.74, 6) is 0. The Kier molecular flexibility index (Phi) is 1.44. The molecule has 42 valence electrons. The van der Waals surface area contributed by atoms with E-state index in [0.29, 0.717) is 0 Å². The number of nitrogens with zero attached hydrogens (tertiary/aromatic N) is 1. The van der Waals surface area contributed by atoms with Gasteiger partial charge in [-0.15, -0.1) is 0 Å². The maximum atomic E-state index is 3.92. The van der Waals surface area contributed by atoms with Crippen LogP contribution in [0.5, 0.6) is 0 Å². The third-order valence-electron chi connectivity index (χ3n) is 0.858. The van der Waals surface area contributed by atoms with Crippen LogP contribution in [-0.2, 0) is 0 Å². The van der Waals surface area contributed by atoms with Crippen LogP contribution in [0.3, 0.4) is 0 Å². The molecule has 1 aromatic rings. The van der Waals surface area contributed by atoms with Gasteiger partial charge in [0.2, 0.25) is 0 Å². The molecule has 0 atom stereocenters. The van der Waals surface area contributed by atoms with Gasteiger partial charge in [0.1, 0.15) is 0 Å². The zero-order valence-electron chi connectivity index (χ0n) is 4.72. The minimum Gasteiger partial charge on any atom is -0.201 e. The average Bonchev–Trinajstić information content (AvgIpc) is 2.12. The molecule has 0 radical (unpaired) electrons. The van der Waals surface area contributed by atoms with Gasteiger partial charge in [-0.05, 0) is 30.1 Å². The number of hydrogen-bond acceptors (Lipinski definition) is 2. The van der Waals surface area contributed by atoms with E-state index in [1.165, 1.54) is 16.4 Å². The fraction of sp³-hybridized carbons (Fsp3) is 0.167. The first kappa shape index (κ1) is 5.51. The van der Waals surface area contributed by atoms with Gasteiger partial charge >= 0.3 is 0 Å². The molecule has 1 heterocycles. The molecule has 0 saturated heterocycles. The molecule has 0 aromatic carbocycles. The zero-order chi connectivity index (χ0) is 5.98. The molecule has 0 unspecified atom stereocenters. The molecule has 0 aliphatic rings. The summed E-state index contributed by atoms with van der Waals surface area (Å²) in [4.78, 5) is 1.17. The van der Waals surface area contributed by atoms with E-state index in [1.807, 2.05) is 13.0 Å². The van der Waals surface area contributed by atoms with Crippen LogP contribution in [0.4, 0.5) is 0 Å². The van der Waals surface area contributed by atoms with E-state index < -0.39 is 0 Å². The Morgan fingerprint density at radius 3 is 2.88 bits per heavy atom. The summed E-state index contributed by atoms with van der Waals surface area (Å²) in [5, 5.41) is 0. The molecule has 8 heavy (non-hydrogen) atoms. The molecule has 0 saturated carbocycles. The molecule has 0 bridgehead atoms. The number of aromatic nitrogens is 1. The predicted octanol–water partition coefficient (Wildman–Crippen LogP) is 2.18. The second-order valence-electron chi connectivity index (χ2n) is 1.66. The van der Waals surface area contributed by atoms with E-state index in [4.69, 9.17) is 0 Å². The van der Waals surface area contributed by atoms with Crippen molar-refractivity contribution in [2.45, 2.75) is 6.92 Å². The van der Waals surface area contributed by atoms with Crippen molar-refractivity contribution >= 4 is 17.1 Å². The van der Waals surface area contributed by atoms with Crippen molar-refractivity contribution in [3.05, 3.63) is 23.7 Å². The lowest BCUT2D eigenvalue weighted by Crippen LogP contribution is -1.62. The van der Waals surface area contributed by atoms with Crippen molar-refractivity contribution in [2.24, 2.45) is 0 Å². The van der Waals surface area contributed by atoms with Crippen LogP contribution in [0.15, 0.2) is 18.8 Å². The van der Waals surface area contributed by atoms with E-state index >= 15 is 0 Å². The van der Waals surface area contributed by atoms with Crippen LogP contribution in [0.25, 0.3) is 5.57 Å². The van der Waals surface area contributed by atoms with Crippen molar-refractivity contribution in [2.75, 3.05) is 0 Å². The first-order valence-corrected chi connectivity index (χ1v) is 3.14. The largest absolute Gasteiger partial charge is 0.201 e. The van der Waals surface area contributed by atoms with Gasteiger partial charge in [0.25, 0.3) is 0 Å². The van der Waals surface area contributed by atoms with Gasteiger partial charge < -0.3 is 0 Å². The number of hydrogen-bond donors (Lipinski definition) is 0. The molecule has 2 heteroatoms. The SMILES string of the molecule is C=C(C)c1ccns1. The van der Waals surface area contributed by atoms with E-state index in [9.17, 15) is 0 Å². The summed E-state index contributed by atoms with van der Waals surface area (Å²) in [6.45, 7) is 5.75. The van der Waals surface area contributed by atoms with Gasteiger partial charge in [0.05, 0.1) is 4.88 Å². The Labute approximate surface area is 52.8 Å². The zero-order valence-corrected chi connectivity index (χ0v) is 5.53. The number of allylic oxidation sites excluding steroid dienone is 1. The molecule has 0 fully saturated rings. The van der Waals surface area contributed by atoms with Crippen molar-refractivity contribution in [3.63, 3.8) is 0 Å². The van der Waals surface area contributed by atoms with Crippen molar-refractivity contribution in [1.82, 2.24) is 4.37 Å². The summed E-state index contributed by atoms with van der Waals surface area (Å²) < 4.78 is 3.92. The van der Waals surface area contributed by atoms with Gasteiger partial charge in [-0.3, -0.25) is 0 Å². The van der Waals surface area contributed by atoms with Gasteiger partial charge in [0.15, 0.2) is 0 Å². The highest BCUT2D eigenvalue weighted by Crippen LogP contribution is 2.13. The Morgan fingerprint density at radius 1 is 1.88 bits per heavy atom. The van der Waals surface area contributed by atoms with Crippen molar-refractivity contribution < 1.29 is 0 Å². The lowest BCUT2D eigenvalue weighted by molar-refractivity contribution is 1.58. The molecule has 0 N–H and O–H groups in total. The second-order valence-corrected chi connectivity index (χ2v) is 2.49. The van der Waals surface area contributed by atoms with Crippen LogP contribution < -0.4 is 0 Å². The summed E-state index contributed by atoms with van der Waals surface area (Å²) in [6, 6.07) is 1.97. The highest BCUT2D eigenvalue weighted by Gasteiger charge is 1.90. The molecule has 1 rings (SSSR count). The smallest absolute Gasteiger partial charge is 0.0500 e. The van der Waals surface area contributed by atoms with E-state index in [-0.39, 0.29) is 0 Å². The average molecular weight is 125 g/mol. The molecule has 0 amide bonds. The third-order valence-corrected chi connectivity index (χ3v) is 1.77. The van der Waals surface area contributed by atoms with E-state index in [0.717, 1.165) is 5.57 Å². The second kappa shape index (κ2) is 2.09. The predicted molar refractivity (Wildman–Crippen MR) is 36.8 cm³/mol. The maximum Gasteiger partial charge on any atom is 0.0500 e. The highest BCUT2D eigenvalue weighted by atomic mass is 32.1. The summed E-state index contributed by atoms with van der Waals surface area (Å²) in [5.41, 5.74) is 1.09. The topological polar surface area (TPSA) is 12.9 Å². The fourth-order valence-corrected chi connectivity index (χ4v) is 0.949. The Hall–Kier alpha value is -0.630. The van der Waals surface area contributed by atoms with Crippen LogP contribution in [0, 0.1) is 0 Å². The Balaban J connectivity index is 2.93. The molecule has 0 spiro atoms. The lowest BCUT2D eigenvalue weighted by atomic mass is 10.3. The maximum absolute atomic E-state index is 3.92. The van der Waals surface area contributed by atoms with Crippen molar-refractivity contribution in [1.29, 1.82) is 0 Å². The van der Waals surface area contributed by atoms with Gasteiger partial charge in [-0.2, -0.15) is 0 Å². The normalized spacial score (nSPS) is 9.12. The first-order valence-electron chi connectivity index (χ1n) is 2.37. The van der Waals surface area contributed by atoms with Crippen LogP contribution in [0.1, 0.15) is 11.8 Å². The summed E-state index contributed by atoms with van der Waals surface area (Å²) >= 11 is 1.48. The summed E-state index contributed by atoms with van der Waals surface area (Å²) in [6.07, 6.45) is 1.79. The molecule has 1 nitrogen and oxygen atoms in total. The van der Waals surface area contributed by atoms with Crippen molar-refractivity contribution in [3.8, 4) is 0 Å². The monoisotopic (exact) mass is 125 g/mol.